The molecular weight excluding hydrogens is 336 g/mol. The minimum absolute atomic E-state index is 0.0748. The summed E-state index contributed by atoms with van der Waals surface area (Å²) >= 11 is 5.94. The second-order valence-corrected chi connectivity index (χ2v) is 6.59. The van der Waals surface area contributed by atoms with Gasteiger partial charge in [-0.05, 0) is 36.4 Å². The molecular formula is C19H23ClN4O. The first-order valence-electron chi connectivity index (χ1n) is 8.60. The van der Waals surface area contributed by atoms with E-state index in [1.54, 1.807) is 6.20 Å². The molecule has 1 aromatic heterocycles. The van der Waals surface area contributed by atoms with Crippen LogP contribution in [0.5, 0.6) is 0 Å². The number of aromatic nitrogens is 1. The summed E-state index contributed by atoms with van der Waals surface area (Å²) < 4.78 is 0. The number of pyridine rings is 1. The van der Waals surface area contributed by atoms with Crippen LogP contribution in [0.25, 0.3) is 0 Å². The Labute approximate surface area is 153 Å². The number of rotatable bonds is 6. The molecule has 2 heterocycles. The molecule has 0 aliphatic carbocycles. The van der Waals surface area contributed by atoms with Gasteiger partial charge in [0.05, 0.1) is 12.2 Å². The summed E-state index contributed by atoms with van der Waals surface area (Å²) in [5, 5.41) is 3.69. The first-order valence-corrected chi connectivity index (χ1v) is 8.98. The molecule has 1 aliphatic heterocycles. The molecule has 3 rings (SSSR count). The Kier molecular flexibility index (Phi) is 6.25. The third-order valence-electron chi connectivity index (χ3n) is 4.41. The number of nitrogens with zero attached hydrogens (tertiary/aromatic N) is 3. The zero-order chi connectivity index (χ0) is 17.5. The maximum absolute atomic E-state index is 12.0. The minimum Gasteiger partial charge on any atom is -0.369 e. The molecule has 0 unspecified atom stereocenters. The molecule has 0 atom stereocenters. The van der Waals surface area contributed by atoms with Crippen molar-refractivity contribution in [2.45, 2.75) is 13.0 Å². The fourth-order valence-corrected chi connectivity index (χ4v) is 3.05. The zero-order valence-electron chi connectivity index (χ0n) is 14.2. The molecule has 1 amide bonds. The summed E-state index contributed by atoms with van der Waals surface area (Å²) in [7, 11) is 0. The van der Waals surface area contributed by atoms with Gasteiger partial charge < -0.3 is 10.2 Å². The third-order valence-corrected chi connectivity index (χ3v) is 4.66. The van der Waals surface area contributed by atoms with E-state index in [1.165, 1.54) is 5.69 Å². The lowest BCUT2D eigenvalue weighted by Gasteiger charge is -2.36. The molecule has 1 saturated heterocycles. The number of hydrogen-bond donors (Lipinski definition) is 1. The summed E-state index contributed by atoms with van der Waals surface area (Å²) in [6, 6.07) is 13.7. The van der Waals surface area contributed by atoms with Gasteiger partial charge in [-0.15, -0.1) is 0 Å². The number of halogens is 1. The Hall–Kier alpha value is -2.11. The van der Waals surface area contributed by atoms with Crippen molar-refractivity contribution in [3.63, 3.8) is 0 Å². The molecule has 1 N–H and O–H groups in total. The van der Waals surface area contributed by atoms with Crippen LogP contribution < -0.4 is 10.2 Å². The topological polar surface area (TPSA) is 48.5 Å². The van der Waals surface area contributed by atoms with E-state index in [9.17, 15) is 4.79 Å². The SMILES string of the molecule is O=C(CCN1CCN(c2ccc(Cl)cc2)CC1)NCc1ccccn1. The second kappa shape index (κ2) is 8.83. The second-order valence-electron chi connectivity index (χ2n) is 6.15. The predicted octanol–water partition coefficient (Wildman–Crippen LogP) is 2.56. The molecule has 2 aromatic rings. The van der Waals surface area contributed by atoms with Crippen LogP contribution in [-0.2, 0) is 11.3 Å². The van der Waals surface area contributed by atoms with E-state index in [0.717, 1.165) is 43.4 Å². The fourth-order valence-electron chi connectivity index (χ4n) is 2.92. The van der Waals surface area contributed by atoms with Crippen molar-refractivity contribution in [1.82, 2.24) is 15.2 Å². The summed E-state index contributed by atoms with van der Waals surface area (Å²) in [5.41, 5.74) is 2.09. The number of anilines is 1. The number of hydrogen-bond acceptors (Lipinski definition) is 4. The molecule has 25 heavy (non-hydrogen) atoms. The van der Waals surface area contributed by atoms with Crippen LogP contribution in [0, 0.1) is 0 Å². The molecule has 0 saturated carbocycles. The Bertz CT molecular complexity index is 670. The van der Waals surface area contributed by atoms with Gasteiger partial charge in [0.25, 0.3) is 0 Å². The van der Waals surface area contributed by atoms with Crippen LogP contribution >= 0.6 is 11.6 Å². The zero-order valence-corrected chi connectivity index (χ0v) is 15.0. The van der Waals surface area contributed by atoms with E-state index in [-0.39, 0.29) is 5.91 Å². The number of piperazine rings is 1. The van der Waals surface area contributed by atoms with Gasteiger partial charge in [0, 0.05) is 56.1 Å². The van der Waals surface area contributed by atoms with Crippen molar-refractivity contribution < 1.29 is 4.79 Å². The number of amides is 1. The van der Waals surface area contributed by atoms with Crippen molar-refractivity contribution >= 4 is 23.2 Å². The quantitative estimate of drug-likeness (QED) is 0.862. The average molecular weight is 359 g/mol. The first-order chi connectivity index (χ1) is 12.2. The molecule has 1 fully saturated rings. The van der Waals surface area contributed by atoms with E-state index < -0.39 is 0 Å². The Morgan fingerprint density at radius 1 is 1.08 bits per heavy atom. The monoisotopic (exact) mass is 358 g/mol. The van der Waals surface area contributed by atoms with Gasteiger partial charge >= 0.3 is 0 Å². The highest BCUT2D eigenvalue weighted by atomic mass is 35.5. The van der Waals surface area contributed by atoms with Gasteiger partial charge in [-0.25, -0.2) is 0 Å². The maximum atomic E-state index is 12.0. The van der Waals surface area contributed by atoms with E-state index in [2.05, 4.69) is 32.2 Å². The van der Waals surface area contributed by atoms with Gasteiger partial charge in [-0.1, -0.05) is 17.7 Å². The number of nitrogens with one attached hydrogen (secondary N) is 1. The highest BCUT2D eigenvalue weighted by Gasteiger charge is 2.17. The van der Waals surface area contributed by atoms with E-state index >= 15 is 0 Å². The molecule has 1 aliphatic rings. The van der Waals surface area contributed by atoms with Crippen molar-refractivity contribution in [1.29, 1.82) is 0 Å². The minimum atomic E-state index is 0.0748. The lowest BCUT2D eigenvalue weighted by atomic mass is 10.2. The van der Waals surface area contributed by atoms with Crippen LogP contribution in [0.3, 0.4) is 0 Å². The third kappa shape index (κ3) is 5.44. The lowest BCUT2D eigenvalue weighted by molar-refractivity contribution is -0.121. The predicted molar refractivity (Wildman–Crippen MR) is 101 cm³/mol. The number of carbonyl (C=O) groups excluding carboxylic acids is 1. The summed E-state index contributed by atoms with van der Waals surface area (Å²) in [6.07, 6.45) is 2.26. The van der Waals surface area contributed by atoms with Crippen LogP contribution in [0.2, 0.25) is 5.02 Å². The number of benzene rings is 1. The van der Waals surface area contributed by atoms with Crippen molar-refractivity contribution in [2.24, 2.45) is 0 Å². The molecule has 132 valence electrons. The van der Waals surface area contributed by atoms with E-state index in [1.807, 2.05) is 30.3 Å². The van der Waals surface area contributed by atoms with Gasteiger partial charge in [0.2, 0.25) is 5.91 Å². The van der Waals surface area contributed by atoms with E-state index in [0.29, 0.717) is 13.0 Å². The largest absolute Gasteiger partial charge is 0.369 e. The highest BCUT2D eigenvalue weighted by molar-refractivity contribution is 6.30. The van der Waals surface area contributed by atoms with Crippen LogP contribution in [0.4, 0.5) is 5.69 Å². The normalized spacial score (nSPS) is 15.2. The fraction of sp³-hybridized carbons (Fsp3) is 0.368. The van der Waals surface area contributed by atoms with Crippen molar-refractivity contribution in [2.75, 3.05) is 37.6 Å². The van der Waals surface area contributed by atoms with Gasteiger partial charge in [0.1, 0.15) is 0 Å². The van der Waals surface area contributed by atoms with Crippen LogP contribution in [-0.4, -0.2) is 48.5 Å². The Balaban J connectivity index is 1.36. The van der Waals surface area contributed by atoms with Crippen LogP contribution in [0.1, 0.15) is 12.1 Å². The molecule has 5 nitrogen and oxygen atoms in total. The van der Waals surface area contributed by atoms with E-state index in [4.69, 9.17) is 11.6 Å². The summed E-state index contributed by atoms with van der Waals surface area (Å²) in [6.45, 7) is 5.16. The molecule has 0 spiro atoms. The highest BCUT2D eigenvalue weighted by Crippen LogP contribution is 2.19. The lowest BCUT2D eigenvalue weighted by Crippen LogP contribution is -2.47. The molecule has 0 radical (unpaired) electrons. The average Bonchev–Trinajstić information content (AvgIpc) is 2.67. The molecule has 0 bridgehead atoms. The first kappa shape index (κ1) is 17.7. The number of carbonyl (C=O) groups is 1. The molecule has 1 aromatic carbocycles. The maximum Gasteiger partial charge on any atom is 0.221 e. The van der Waals surface area contributed by atoms with Crippen molar-refractivity contribution in [3.8, 4) is 0 Å². The standard InChI is InChI=1S/C19H23ClN4O/c20-16-4-6-18(7-5-16)24-13-11-23(12-14-24)10-8-19(25)22-15-17-3-1-2-9-21-17/h1-7,9H,8,10-15H2,(H,22,25). The Morgan fingerprint density at radius 2 is 1.84 bits per heavy atom. The van der Waals surface area contributed by atoms with Crippen molar-refractivity contribution in [3.05, 3.63) is 59.4 Å². The Morgan fingerprint density at radius 3 is 2.52 bits per heavy atom. The van der Waals surface area contributed by atoms with Gasteiger partial charge in [-0.3, -0.25) is 14.7 Å². The smallest absolute Gasteiger partial charge is 0.221 e. The van der Waals surface area contributed by atoms with Gasteiger partial charge in [0.15, 0.2) is 0 Å². The summed E-state index contributed by atoms with van der Waals surface area (Å²) in [4.78, 5) is 20.9. The van der Waals surface area contributed by atoms with Crippen LogP contribution in [0.15, 0.2) is 48.7 Å². The summed E-state index contributed by atoms with van der Waals surface area (Å²) in [5.74, 6) is 0.0748. The van der Waals surface area contributed by atoms with Gasteiger partial charge in [-0.2, -0.15) is 0 Å². The molecule has 6 heteroatoms.